The van der Waals surface area contributed by atoms with Crippen molar-refractivity contribution in [3.05, 3.63) is 108 Å². The molecule has 0 aliphatic carbocycles. The van der Waals surface area contributed by atoms with Crippen LogP contribution in [0.25, 0.3) is 0 Å². The molecule has 0 saturated heterocycles. The highest BCUT2D eigenvalue weighted by Gasteiger charge is 2.37. The van der Waals surface area contributed by atoms with E-state index in [-0.39, 0.29) is 0 Å². The number of rotatable bonds is 13. The van der Waals surface area contributed by atoms with E-state index < -0.39 is 5.60 Å². The molecule has 0 aromatic heterocycles. The maximum Gasteiger partial charge on any atom is 0.143 e. The van der Waals surface area contributed by atoms with Crippen molar-refractivity contribution in [3.8, 4) is 0 Å². The highest BCUT2D eigenvalue weighted by Crippen LogP contribution is 2.40. The standard InChI is InChI=1S/C27H31ClO2/c28-20-12-1-2-13-21-29-22-23-30-27(24-14-6-3-7-15-24,25-16-8-4-9-17-25)26-18-10-5-11-19-26/h3-11,14-19H,1-2,12-13,20-23H2. The third-order valence-corrected chi connectivity index (χ3v) is 5.53. The fourth-order valence-corrected chi connectivity index (χ4v) is 3.97. The van der Waals surface area contributed by atoms with E-state index in [0.717, 1.165) is 48.4 Å². The highest BCUT2D eigenvalue weighted by molar-refractivity contribution is 6.17. The van der Waals surface area contributed by atoms with Crippen molar-refractivity contribution >= 4 is 11.6 Å². The average Bonchev–Trinajstić information content (AvgIpc) is 2.82. The molecule has 0 saturated carbocycles. The van der Waals surface area contributed by atoms with Crippen molar-refractivity contribution in [1.82, 2.24) is 0 Å². The Kier molecular flexibility index (Phi) is 9.43. The second-order valence-electron chi connectivity index (χ2n) is 7.34. The lowest BCUT2D eigenvalue weighted by molar-refractivity contribution is -0.0242. The van der Waals surface area contributed by atoms with E-state index in [4.69, 9.17) is 21.1 Å². The summed E-state index contributed by atoms with van der Waals surface area (Å²) >= 11 is 5.73. The van der Waals surface area contributed by atoms with Crippen LogP contribution in [0.1, 0.15) is 42.4 Å². The topological polar surface area (TPSA) is 18.5 Å². The normalized spacial score (nSPS) is 11.5. The molecule has 0 bridgehead atoms. The zero-order chi connectivity index (χ0) is 20.9. The number of hydrogen-bond acceptors (Lipinski definition) is 2. The first kappa shape index (κ1) is 22.6. The second kappa shape index (κ2) is 12.5. The van der Waals surface area contributed by atoms with Gasteiger partial charge in [0.25, 0.3) is 0 Å². The highest BCUT2D eigenvalue weighted by atomic mass is 35.5. The van der Waals surface area contributed by atoms with Crippen molar-refractivity contribution in [2.75, 3.05) is 25.7 Å². The predicted octanol–water partition coefficient (Wildman–Crippen LogP) is 6.81. The Bertz CT molecular complexity index is 725. The molecule has 0 amide bonds. The number of unbranched alkanes of at least 4 members (excludes halogenated alkanes) is 3. The van der Waals surface area contributed by atoms with Gasteiger partial charge in [-0.25, -0.2) is 0 Å². The molecular weight excluding hydrogens is 392 g/mol. The SMILES string of the molecule is ClCCCCCCOCCOC(c1ccccc1)(c1ccccc1)c1ccccc1. The lowest BCUT2D eigenvalue weighted by atomic mass is 9.80. The molecule has 0 aliphatic heterocycles. The minimum absolute atomic E-state index is 0.514. The second-order valence-corrected chi connectivity index (χ2v) is 7.72. The molecule has 3 aromatic rings. The summed E-state index contributed by atoms with van der Waals surface area (Å²) in [5.41, 5.74) is 2.67. The van der Waals surface area contributed by atoms with Gasteiger partial charge in [0.05, 0.1) is 13.2 Å². The first-order valence-electron chi connectivity index (χ1n) is 10.8. The molecule has 0 aliphatic rings. The lowest BCUT2D eigenvalue weighted by Gasteiger charge is -2.36. The van der Waals surface area contributed by atoms with Gasteiger partial charge in [0, 0.05) is 12.5 Å². The van der Waals surface area contributed by atoms with Gasteiger partial charge in [-0.1, -0.05) is 104 Å². The summed E-state index contributed by atoms with van der Waals surface area (Å²) < 4.78 is 12.5. The van der Waals surface area contributed by atoms with Gasteiger partial charge in [0.1, 0.15) is 5.60 Å². The Morgan fingerprint density at radius 1 is 0.533 bits per heavy atom. The van der Waals surface area contributed by atoms with Crippen LogP contribution in [0.2, 0.25) is 0 Å². The Balaban J connectivity index is 1.77. The molecule has 0 fully saturated rings. The summed E-state index contributed by atoms with van der Waals surface area (Å²) in [5, 5.41) is 0. The molecule has 3 rings (SSSR count). The molecule has 0 heterocycles. The van der Waals surface area contributed by atoms with E-state index >= 15 is 0 Å². The number of hydrogen-bond donors (Lipinski definition) is 0. The number of halogens is 1. The quantitative estimate of drug-likeness (QED) is 0.171. The number of ether oxygens (including phenoxy) is 2. The van der Waals surface area contributed by atoms with Crippen molar-refractivity contribution in [2.45, 2.75) is 31.3 Å². The summed E-state index contributed by atoms with van der Waals surface area (Å²) in [4.78, 5) is 0. The fourth-order valence-electron chi connectivity index (χ4n) is 3.78. The smallest absolute Gasteiger partial charge is 0.143 e. The predicted molar refractivity (Wildman–Crippen MR) is 125 cm³/mol. The van der Waals surface area contributed by atoms with E-state index in [1.165, 1.54) is 6.42 Å². The summed E-state index contributed by atoms with van der Waals surface area (Å²) in [6.07, 6.45) is 4.48. The van der Waals surface area contributed by atoms with Crippen LogP contribution in [0.15, 0.2) is 91.0 Å². The van der Waals surface area contributed by atoms with Gasteiger partial charge in [-0.2, -0.15) is 0 Å². The molecule has 0 N–H and O–H groups in total. The zero-order valence-electron chi connectivity index (χ0n) is 17.5. The molecule has 0 spiro atoms. The first-order chi connectivity index (χ1) is 14.9. The van der Waals surface area contributed by atoms with E-state index in [2.05, 4.69) is 72.8 Å². The largest absolute Gasteiger partial charge is 0.379 e. The van der Waals surface area contributed by atoms with Gasteiger partial charge in [-0.3, -0.25) is 0 Å². The van der Waals surface area contributed by atoms with Crippen molar-refractivity contribution < 1.29 is 9.47 Å². The Morgan fingerprint density at radius 2 is 1.00 bits per heavy atom. The molecule has 158 valence electrons. The third kappa shape index (κ3) is 5.95. The van der Waals surface area contributed by atoms with E-state index in [9.17, 15) is 0 Å². The van der Waals surface area contributed by atoms with Crippen LogP contribution in [0, 0.1) is 0 Å². The van der Waals surface area contributed by atoms with Gasteiger partial charge in [-0.15, -0.1) is 11.6 Å². The van der Waals surface area contributed by atoms with Gasteiger partial charge in [-0.05, 0) is 29.5 Å². The zero-order valence-corrected chi connectivity index (χ0v) is 18.3. The Morgan fingerprint density at radius 3 is 1.47 bits per heavy atom. The molecule has 0 atom stereocenters. The third-order valence-electron chi connectivity index (χ3n) is 5.26. The summed E-state index contributed by atoms with van der Waals surface area (Å²) in [5.74, 6) is 0.745. The van der Waals surface area contributed by atoms with Crippen LogP contribution in [0.5, 0.6) is 0 Å². The van der Waals surface area contributed by atoms with Gasteiger partial charge < -0.3 is 9.47 Å². The van der Waals surface area contributed by atoms with Crippen molar-refractivity contribution in [2.24, 2.45) is 0 Å². The summed E-state index contributed by atoms with van der Waals surface area (Å²) in [7, 11) is 0. The van der Waals surface area contributed by atoms with Gasteiger partial charge >= 0.3 is 0 Å². The Labute approximate surface area is 185 Å². The maximum atomic E-state index is 6.69. The molecule has 0 unspecified atom stereocenters. The number of alkyl halides is 1. The maximum absolute atomic E-state index is 6.69. The summed E-state index contributed by atoms with van der Waals surface area (Å²) in [6.45, 7) is 1.85. The average molecular weight is 423 g/mol. The summed E-state index contributed by atoms with van der Waals surface area (Å²) in [6, 6.07) is 31.3. The molecule has 30 heavy (non-hydrogen) atoms. The fraction of sp³-hybridized carbons (Fsp3) is 0.333. The lowest BCUT2D eigenvalue weighted by Crippen LogP contribution is -2.34. The van der Waals surface area contributed by atoms with Gasteiger partial charge in [0.15, 0.2) is 0 Å². The van der Waals surface area contributed by atoms with Crippen LogP contribution in [-0.4, -0.2) is 25.7 Å². The molecular formula is C27H31ClO2. The van der Waals surface area contributed by atoms with Gasteiger partial charge in [0.2, 0.25) is 0 Å². The van der Waals surface area contributed by atoms with Crippen LogP contribution < -0.4 is 0 Å². The monoisotopic (exact) mass is 422 g/mol. The van der Waals surface area contributed by atoms with Crippen LogP contribution in [0.3, 0.4) is 0 Å². The molecule has 3 aromatic carbocycles. The van der Waals surface area contributed by atoms with E-state index in [0.29, 0.717) is 13.2 Å². The minimum Gasteiger partial charge on any atom is -0.379 e. The van der Waals surface area contributed by atoms with Crippen molar-refractivity contribution in [1.29, 1.82) is 0 Å². The first-order valence-corrected chi connectivity index (χ1v) is 11.4. The molecule has 0 radical (unpaired) electrons. The number of benzene rings is 3. The molecule has 2 nitrogen and oxygen atoms in total. The van der Waals surface area contributed by atoms with Crippen LogP contribution >= 0.6 is 11.6 Å². The van der Waals surface area contributed by atoms with Crippen LogP contribution in [0.4, 0.5) is 0 Å². The van der Waals surface area contributed by atoms with Crippen LogP contribution in [-0.2, 0) is 15.1 Å². The Hall–Kier alpha value is -2.13. The van der Waals surface area contributed by atoms with E-state index in [1.54, 1.807) is 0 Å². The van der Waals surface area contributed by atoms with E-state index in [1.807, 2.05) is 18.2 Å². The molecule has 3 heteroatoms. The minimum atomic E-state index is -0.673. The van der Waals surface area contributed by atoms with Crippen molar-refractivity contribution in [3.63, 3.8) is 0 Å².